The lowest BCUT2D eigenvalue weighted by atomic mass is 10.0. The van der Waals surface area contributed by atoms with Crippen LogP contribution < -0.4 is 4.90 Å². The van der Waals surface area contributed by atoms with E-state index in [1.54, 1.807) is 62.8 Å². The molecule has 0 aliphatic heterocycles. The Morgan fingerprint density at radius 1 is 1.07 bits per heavy atom. The highest BCUT2D eigenvalue weighted by Crippen LogP contribution is 2.26. The van der Waals surface area contributed by atoms with Crippen molar-refractivity contribution in [2.24, 2.45) is 0 Å². The molecule has 6 heteroatoms. The van der Waals surface area contributed by atoms with Gasteiger partial charge in [-0.2, -0.15) is 0 Å². The zero-order valence-electron chi connectivity index (χ0n) is 15.7. The van der Waals surface area contributed by atoms with Crippen LogP contribution in [0.15, 0.2) is 61.1 Å². The molecule has 0 radical (unpaired) electrons. The molecule has 28 heavy (non-hydrogen) atoms. The van der Waals surface area contributed by atoms with Crippen molar-refractivity contribution < 1.29 is 14.0 Å². The van der Waals surface area contributed by atoms with Gasteiger partial charge < -0.3 is 4.90 Å². The number of halogens is 1. The van der Waals surface area contributed by atoms with Crippen LogP contribution in [0, 0.1) is 5.82 Å². The molecule has 1 amide bonds. The molecule has 2 heterocycles. The number of anilines is 1. The minimum atomic E-state index is -0.475. The normalized spacial score (nSPS) is 10.5. The molecular weight excluding hydrogens is 357 g/mol. The lowest BCUT2D eigenvalue weighted by molar-refractivity contribution is -0.118. The van der Waals surface area contributed by atoms with E-state index < -0.39 is 5.82 Å². The molecule has 0 atom stereocenters. The molecule has 5 nitrogen and oxygen atoms in total. The molecule has 2 aromatic heterocycles. The summed E-state index contributed by atoms with van der Waals surface area (Å²) in [7, 11) is 1.61. The third kappa shape index (κ3) is 4.28. The second-order valence-electron chi connectivity index (χ2n) is 6.36. The molecule has 0 bridgehead atoms. The van der Waals surface area contributed by atoms with E-state index in [0.29, 0.717) is 28.9 Å². The van der Waals surface area contributed by atoms with E-state index in [2.05, 4.69) is 9.97 Å². The molecule has 1 aromatic carbocycles. The predicted octanol–water partition coefficient (Wildman–Crippen LogP) is 4.08. The molecular formula is C22H20FN3O2. The number of benzene rings is 1. The monoisotopic (exact) mass is 377 g/mol. The van der Waals surface area contributed by atoms with Gasteiger partial charge >= 0.3 is 0 Å². The highest BCUT2D eigenvalue weighted by atomic mass is 19.1. The first kappa shape index (κ1) is 19.4. The Balaban J connectivity index is 1.78. The summed E-state index contributed by atoms with van der Waals surface area (Å²) in [6.07, 6.45) is 5.34. The summed E-state index contributed by atoms with van der Waals surface area (Å²) in [5.74, 6) is -0.639. The summed E-state index contributed by atoms with van der Waals surface area (Å²) in [5.41, 5.74) is 2.56. The Morgan fingerprint density at radius 2 is 1.82 bits per heavy atom. The number of nitrogens with zero attached hydrogens (tertiary/aromatic N) is 3. The van der Waals surface area contributed by atoms with Crippen molar-refractivity contribution in [1.29, 1.82) is 0 Å². The van der Waals surface area contributed by atoms with Crippen molar-refractivity contribution in [1.82, 2.24) is 9.97 Å². The molecule has 0 unspecified atom stereocenters. The number of hydrogen-bond donors (Lipinski definition) is 0. The quantitative estimate of drug-likeness (QED) is 0.607. The standard InChI is InChI=1S/C22H20FN3O2/c1-3-22(28)26(2)17-5-6-18(19(23)13-17)20-7-4-16(14-25-20)21(27)12-15-8-10-24-11-9-15/h4-11,13-14H,3,12H2,1-2H3. The molecule has 0 saturated carbocycles. The zero-order chi connectivity index (χ0) is 20.1. The van der Waals surface area contributed by atoms with Crippen molar-refractivity contribution in [2.75, 3.05) is 11.9 Å². The summed E-state index contributed by atoms with van der Waals surface area (Å²) in [6.45, 7) is 1.75. The van der Waals surface area contributed by atoms with Crippen LogP contribution >= 0.6 is 0 Å². The molecule has 0 spiro atoms. The summed E-state index contributed by atoms with van der Waals surface area (Å²) < 4.78 is 14.6. The van der Waals surface area contributed by atoms with Gasteiger partial charge in [0.2, 0.25) is 5.91 Å². The number of carbonyl (C=O) groups is 2. The van der Waals surface area contributed by atoms with Crippen LogP contribution in [0.25, 0.3) is 11.3 Å². The second kappa shape index (κ2) is 8.52. The molecule has 142 valence electrons. The number of aromatic nitrogens is 2. The van der Waals surface area contributed by atoms with E-state index in [0.717, 1.165) is 5.56 Å². The van der Waals surface area contributed by atoms with Crippen LogP contribution in [-0.2, 0) is 11.2 Å². The number of hydrogen-bond acceptors (Lipinski definition) is 4. The third-order valence-corrected chi connectivity index (χ3v) is 4.49. The largest absolute Gasteiger partial charge is 0.315 e. The van der Waals surface area contributed by atoms with Gasteiger partial charge in [0.1, 0.15) is 5.82 Å². The van der Waals surface area contributed by atoms with E-state index in [9.17, 15) is 14.0 Å². The lowest BCUT2D eigenvalue weighted by Crippen LogP contribution is -2.25. The number of carbonyl (C=O) groups excluding carboxylic acids is 2. The first-order valence-corrected chi connectivity index (χ1v) is 8.94. The van der Waals surface area contributed by atoms with Gasteiger partial charge in [0.05, 0.1) is 5.69 Å². The van der Waals surface area contributed by atoms with Crippen LogP contribution in [0.4, 0.5) is 10.1 Å². The van der Waals surface area contributed by atoms with E-state index >= 15 is 0 Å². The Labute approximate surface area is 162 Å². The Hall–Kier alpha value is -3.41. The third-order valence-electron chi connectivity index (χ3n) is 4.49. The number of Topliss-reactive ketones (excluding diaryl/α,β-unsaturated/α-hetero) is 1. The summed E-state index contributed by atoms with van der Waals surface area (Å²) in [5, 5.41) is 0. The predicted molar refractivity (Wildman–Crippen MR) is 106 cm³/mol. The second-order valence-corrected chi connectivity index (χ2v) is 6.36. The zero-order valence-corrected chi connectivity index (χ0v) is 15.7. The van der Waals surface area contributed by atoms with Crippen LogP contribution in [0.3, 0.4) is 0 Å². The van der Waals surface area contributed by atoms with Gasteiger partial charge in [-0.15, -0.1) is 0 Å². The van der Waals surface area contributed by atoms with Gasteiger partial charge in [-0.25, -0.2) is 4.39 Å². The topological polar surface area (TPSA) is 63.2 Å². The highest BCUT2D eigenvalue weighted by molar-refractivity contribution is 5.97. The minimum Gasteiger partial charge on any atom is -0.315 e. The average molecular weight is 377 g/mol. The van der Waals surface area contributed by atoms with E-state index in [-0.39, 0.29) is 18.1 Å². The van der Waals surface area contributed by atoms with Crippen molar-refractivity contribution in [3.63, 3.8) is 0 Å². The van der Waals surface area contributed by atoms with Crippen molar-refractivity contribution >= 4 is 17.4 Å². The molecule has 3 rings (SSSR count). The smallest absolute Gasteiger partial charge is 0.226 e. The lowest BCUT2D eigenvalue weighted by Gasteiger charge is -2.17. The maximum atomic E-state index is 14.6. The van der Waals surface area contributed by atoms with Crippen molar-refractivity contribution in [3.8, 4) is 11.3 Å². The number of pyridine rings is 2. The Bertz CT molecular complexity index is 988. The minimum absolute atomic E-state index is 0.0687. The number of rotatable bonds is 6. The van der Waals surface area contributed by atoms with Crippen LogP contribution in [0.1, 0.15) is 29.3 Å². The van der Waals surface area contributed by atoms with Crippen LogP contribution in [-0.4, -0.2) is 28.7 Å². The molecule has 3 aromatic rings. The van der Waals surface area contributed by atoms with E-state index in [1.165, 1.54) is 17.2 Å². The fourth-order valence-corrected chi connectivity index (χ4v) is 2.81. The van der Waals surface area contributed by atoms with Gasteiger partial charge in [0.15, 0.2) is 5.78 Å². The molecule has 0 aliphatic carbocycles. The van der Waals surface area contributed by atoms with Crippen molar-refractivity contribution in [2.45, 2.75) is 19.8 Å². The fourth-order valence-electron chi connectivity index (χ4n) is 2.81. The Kier molecular flexibility index (Phi) is 5.89. The first-order valence-electron chi connectivity index (χ1n) is 8.94. The van der Waals surface area contributed by atoms with Gasteiger partial charge in [-0.1, -0.05) is 6.92 Å². The molecule has 0 aliphatic rings. The number of amides is 1. The summed E-state index contributed by atoms with van der Waals surface area (Å²) in [6, 6.07) is 11.4. The number of ketones is 1. The molecule has 0 saturated heterocycles. The van der Waals surface area contributed by atoms with Crippen LogP contribution in [0.2, 0.25) is 0 Å². The van der Waals surface area contributed by atoms with Crippen molar-refractivity contribution in [3.05, 3.63) is 78.0 Å². The highest BCUT2D eigenvalue weighted by Gasteiger charge is 2.14. The van der Waals surface area contributed by atoms with E-state index in [1.807, 2.05) is 0 Å². The van der Waals surface area contributed by atoms with Gasteiger partial charge in [-0.05, 0) is 48.0 Å². The fraction of sp³-hybridized carbons (Fsp3) is 0.182. The summed E-state index contributed by atoms with van der Waals surface area (Å²) in [4.78, 5) is 33.7. The SMILES string of the molecule is CCC(=O)N(C)c1ccc(-c2ccc(C(=O)Cc3ccncc3)cn2)c(F)c1. The molecule has 0 fully saturated rings. The maximum absolute atomic E-state index is 14.6. The molecule has 0 N–H and O–H groups in total. The van der Waals surface area contributed by atoms with Crippen LogP contribution in [0.5, 0.6) is 0 Å². The van der Waals surface area contributed by atoms with E-state index in [4.69, 9.17) is 0 Å². The van der Waals surface area contributed by atoms with Gasteiger partial charge in [0, 0.05) is 55.3 Å². The van der Waals surface area contributed by atoms with Gasteiger partial charge in [0.25, 0.3) is 0 Å². The summed E-state index contributed by atoms with van der Waals surface area (Å²) >= 11 is 0. The Morgan fingerprint density at radius 3 is 2.43 bits per heavy atom. The van der Waals surface area contributed by atoms with Gasteiger partial charge in [-0.3, -0.25) is 19.6 Å². The maximum Gasteiger partial charge on any atom is 0.226 e. The average Bonchev–Trinajstić information content (AvgIpc) is 2.73. The first-order chi connectivity index (χ1) is 13.5.